The molecule has 0 bridgehead atoms. The molecular formula is C6H13NO. The number of hydrogen-bond donors (Lipinski definition) is 2. The lowest BCUT2D eigenvalue weighted by atomic mass is 10.3. The molecule has 48 valence electrons. The molecule has 0 fully saturated rings. The van der Waals surface area contributed by atoms with E-state index in [1.165, 1.54) is 6.08 Å². The van der Waals surface area contributed by atoms with Crippen LogP contribution in [0.4, 0.5) is 0 Å². The van der Waals surface area contributed by atoms with Gasteiger partial charge in [-0.15, -0.1) is 6.58 Å². The van der Waals surface area contributed by atoms with Crippen molar-refractivity contribution in [2.45, 2.75) is 13.0 Å². The normalized spacial score (nSPS) is 13.2. The molecule has 2 heteroatoms. The number of hydrogen-bond acceptors (Lipinski definition) is 2. The van der Waals surface area contributed by atoms with Gasteiger partial charge in [-0.1, -0.05) is 13.0 Å². The maximum atomic E-state index is 8.81. The Morgan fingerprint density at radius 3 is 2.88 bits per heavy atom. The number of likely N-dealkylation sites (N-methyl/N-ethyl adjacent to an activating group) is 1. The quantitative estimate of drug-likeness (QED) is 0.511. The van der Waals surface area contributed by atoms with Crippen LogP contribution in [0.5, 0.6) is 0 Å². The topological polar surface area (TPSA) is 32.3 Å². The summed E-state index contributed by atoms with van der Waals surface area (Å²) in [4.78, 5) is 0. The lowest BCUT2D eigenvalue weighted by Gasteiger charge is -2.02. The molecule has 0 saturated heterocycles. The van der Waals surface area contributed by atoms with Crippen LogP contribution < -0.4 is 5.32 Å². The van der Waals surface area contributed by atoms with Crippen molar-refractivity contribution in [2.75, 3.05) is 13.1 Å². The second kappa shape index (κ2) is 4.81. The van der Waals surface area contributed by atoms with Crippen LogP contribution in [0.15, 0.2) is 12.7 Å². The molecule has 0 rings (SSSR count). The van der Waals surface area contributed by atoms with Gasteiger partial charge in [-0.25, -0.2) is 0 Å². The zero-order valence-corrected chi connectivity index (χ0v) is 5.22. The Hall–Kier alpha value is -0.340. The largest absolute Gasteiger partial charge is 0.388 e. The van der Waals surface area contributed by atoms with Crippen molar-refractivity contribution in [2.24, 2.45) is 0 Å². The van der Waals surface area contributed by atoms with Gasteiger partial charge in [0.25, 0.3) is 0 Å². The highest BCUT2D eigenvalue weighted by molar-refractivity contribution is 4.78. The molecule has 0 radical (unpaired) electrons. The van der Waals surface area contributed by atoms with Crippen LogP contribution in [0.25, 0.3) is 0 Å². The number of rotatable bonds is 4. The van der Waals surface area contributed by atoms with Gasteiger partial charge in [0.05, 0.1) is 6.10 Å². The fourth-order valence-electron chi connectivity index (χ4n) is 0.376. The smallest absolute Gasteiger partial charge is 0.0842 e. The Morgan fingerprint density at radius 2 is 2.50 bits per heavy atom. The first-order chi connectivity index (χ1) is 3.81. The fraction of sp³-hybridized carbons (Fsp3) is 0.667. The van der Waals surface area contributed by atoms with Crippen molar-refractivity contribution in [1.29, 1.82) is 0 Å². The van der Waals surface area contributed by atoms with Gasteiger partial charge >= 0.3 is 0 Å². The number of aliphatic hydroxyl groups is 1. The van der Waals surface area contributed by atoms with Crippen molar-refractivity contribution < 1.29 is 5.11 Å². The van der Waals surface area contributed by atoms with E-state index in [1.807, 2.05) is 6.92 Å². The minimum atomic E-state index is -0.394. The molecule has 2 nitrogen and oxygen atoms in total. The lowest BCUT2D eigenvalue weighted by molar-refractivity contribution is 0.220. The molecule has 0 aromatic rings. The zero-order valence-electron chi connectivity index (χ0n) is 5.22. The molecule has 1 unspecified atom stereocenters. The molecule has 8 heavy (non-hydrogen) atoms. The third-order valence-electron chi connectivity index (χ3n) is 0.876. The monoisotopic (exact) mass is 115 g/mol. The second-order valence-electron chi connectivity index (χ2n) is 1.61. The van der Waals surface area contributed by atoms with Gasteiger partial charge in [-0.3, -0.25) is 0 Å². The van der Waals surface area contributed by atoms with E-state index >= 15 is 0 Å². The van der Waals surface area contributed by atoms with Crippen LogP contribution in [-0.4, -0.2) is 24.3 Å². The SMILES string of the molecule is C=CC(O)CNCC. The molecule has 1 atom stereocenters. The Labute approximate surface area is 50.2 Å². The van der Waals surface area contributed by atoms with Crippen LogP contribution >= 0.6 is 0 Å². The Kier molecular flexibility index (Phi) is 4.61. The van der Waals surface area contributed by atoms with Gasteiger partial charge in [-0.05, 0) is 6.54 Å². The summed E-state index contributed by atoms with van der Waals surface area (Å²) in [5.41, 5.74) is 0. The molecular weight excluding hydrogens is 102 g/mol. The van der Waals surface area contributed by atoms with E-state index in [1.54, 1.807) is 0 Å². The Morgan fingerprint density at radius 1 is 1.88 bits per heavy atom. The van der Waals surface area contributed by atoms with Gasteiger partial charge in [-0.2, -0.15) is 0 Å². The van der Waals surface area contributed by atoms with Gasteiger partial charge in [0.15, 0.2) is 0 Å². The van der Waals surface area contributed by atoms with Crippen LogP contribution in [0.3, 0.4) is 0 Å². The highest BCUT2D eigenvalue weighted by atomic mass is 16.3. The summed E-state index contributed by atoms with van der Waals surface area (Å²) in [7, 11) is 0. The Balaban J connectivity index is 2.98. The molecule has 0 aromatic carbocycles. The van der Waals surface area contributed by atoms with E-state index in [9.17, 15) is 0 Å². The summed E-state index contributed by atoms with van der Waals surface area (Å²) in [6.45, 7) is 6.92. The zero-order chi connectivity index (χ0) is 6.41. The number of aliphatic hydroxyl groups excluding tert-OH is 1. The highest BCUT2D eigenvalue weighted by Crippen LogP contribution is 1.77. The predicted molar refractivity (Wildman–Crippen MR) is 34.7 cm³/mol. The molecule has 0 amide bonds. The van der Waals surface area contributed by atoms with Gasteiger partial charge in [0, 0.05) is 6.54 Å². The molecule has 0 aromatic heterocycles. The predicted octanol–water partition coefficient (Wildman–Crippen LogP) is 0.143. The molecule has 0 spiro atoms. The van der Waals surface area contributed by atoms with Crippen molar-refractivity contribution in [3.63, 3.8) is 0 Å². The van der Waals surface area contributed by atoms with E-state index in [0.29, 0.717) is 6.54 Å². The second-order valence-corrected chi connectivity index (χ2v) is 1.61. The summed E-state index contributed by atoms with van der Waals surface area (Å²) in [6, 6.07) is 0. The maximum Gasteiger partial charge on any atom is 0.0842 e. The first kappa shape index (κ1) is 7.66. The molecule has 2 N–H and O–H groups in total. The fourth-order valence-corrected chi connectivity index (χ4v) is 0.376. The molecule has 0 saturated carbocycles. The van der Waals surface area contributed by atoms with E-state index < -0.39 is 6.10 Å². The van der Waals surface area contributed by atoms with E-state index in [2.05, 4.69) is 11.9 Å². The van der Waals surface area contributed by atoms with Crippen molar-refractivity contribution in [1.82, 2.24) is 5.32 Å². The lowest BCUT2D eigenvalue weighted by Crippen LogP contribution is -2.24. The third kappa shape index (κ3) is 3.84. The highest BCUT2D eigenvalue weighted by Gasteiger charge is 1.92. The first-order valence-corrected chi connectivity index (χ1v) is 2.82. The van der Waals surface area contributed by atoms with Crippen molar-refractivity contribution in [3.8, 4) is 0 Å². The molecule has 0 aliphatic rings. The average molecular weight is 115 g/mol. The van der Waals surface area contributed by atoms with Crippen LogP contribution in [0.2, 0.25) is 0 Å². The maximum absolute atomic E-state index is 8.81. The summed E-state index contributed by atoms with van der Waals surface area (Å²) in [5, 5.41) is 11.8. The van der Waals surface area contributed by atoms with Crippen LogP contribution in [-0.2, 0) is 0 Å². The summed E-state index contributed by atoms with van der Waals surface area (Å²) < 4.78 is 0. The first-order valence-electron chi connectivity index (χ1n) is 2.82. The summed E-state index contributed by atoms with van der Waals surface area (Å²) >= 11 is 0. The van der Waals surface area contributed by atoms with Gasteiger partial charge in [0.1, 0.15) is 0 Å². The van der Waals surface area contributed by atoms with Crippen LogP contribution in [0, 0.1) is 0 Å². The van der Waals surface area contributed by atoms with E-state index in [0.717, 1.165) is 6.54 Å². The summed E-state index contributed by atoms with van der Waals surface area (Å²) in [6.07, 6.45) is 1.12. The minimum absolute atomic E-state index is 0.394. The standard InChI is InChI=1S/C6H13NO/c1-3-6(8)5-7-4-2/h3,6-8H,1,4-5H2,2H3. The minimum Gasteiger partial charge on any atom is -0.388 e. The van der Waals surface area contributed by atoms with Gasteiger partial charge < -0.3 is 10.4 Å². The third-order valence-corrected chi connectivity index (χ3v) is 0.876. The summed E-state index contributed by atoms with van der Waals surface area (Å²) in [5.74, 6) is 0. The van der Waals surface area contributed by atoms with Crippen molar-refractivity contribution >= 4 is 0 Å². The molecule has 0 aliphatic carbocycles. The van der Waals surface area contributed by atoms with Crippen molar-refractivity contribution in [3.05, 3.63) is 12.7 Å². The van der Waals surface area contributed by atoms with E-state index in [-0.39, 0.29) is 0 Å². The molecule has 0 heterocycles. The number of nitrogens with one attached hydrogen (secondary N) is 1. The van der Waals surface area contributed by atoms with Gasteiger partial charge in [0.2, 0.25) is 0 Å². The van der Waals surface area contributed by atoms with Crippen LogP contribution in [0.1, 0.15) is 6.92 Å². The Bertz CT molecular complexity index is 63.5. The van der Waals surface area contributed by atoms with E-state index in [4.69, 9.17) is 5.11 Å². The molecule has 0 aliphatic heterocycles. The average Bonchev–Trinajstić information content (AvgIpc) is 1.83.